The summed E-state index contributed by atoms with van der Waals surface area (Å²) >= 11 is 0. The molecule has 1 fully saturated rings. The summed E-state index contributed by atoms with van der Waals surface area (Å²) in [5.74, 6) is 0.958. The van der Waals surface area contributed by atoms with Crippen molar-refractivity contribution in [2.24, 2.45) is 4.99 Å². The summed E-state index contributed by atoms with van der Waals surface area (Å²) in [6, 6.07) is 11.7. The van der Waals surface area contributed by atoms with Gasteiger partial charge >= 0.3 is 0 Å². The van der Waals surface area contributed by atoms with Crippen molar-refractivity contribution in [2.75, 3.05) is 27.2 Å². The van der Waals surface area contributed by atoms with E-state index in [0.29, 0.717) is 12.1 Å². The summed E-state index contributed by atoms with van der Waals surface area (Å²) in [6.07, 6.45) is 3.57. The van der Waals surface area contributed by atoms with E-state index >= 15 is 0 Å². The predicted molar refractivity (Wildman–Crippen MR) is 89.8 cm³/mol. The first-order valence-electron chi connectivity index (χ1n) is 7.94. The average molecular weight is 288 g/mol. The molecule has 1 aliphatic carbocycles. The Labute approximate surface area is 128 Å². The molecular formula is C17H28N4. The smallest absolute Gasteiger partial charge is 0.191 e. The van der Waals surface area contributed by atoms with Gasteiger partial charge in [-0.2, -0.15) is 0 Å². The highest BCUT2D eigenvalue weighted by molar-refractivity contribution is 5.80. The highest BCUT2D eigenvalue weighted by atomic mass is 15.2. The molecule has 1 saturated carbocycles. The molecular weight excluding hydrogens is 260 g/mol. The number of hydrogen-bond donors (Lipinski definition) is 2. The molecule has 1 aromatic rings. The van der Waals surface area contributed by atoms with Crippen LogP contribution in [0.1, 0.15) is 25.3 Å². The van der Waals surface area contributed by atoms with Crippen molar-refractivity contribution >= 4 is 5.96 Å². The van der Waals surface area contributed by atoms with Crippen molar-refractivity contribution in [3.63, 3.8) is 0 Å². The van der Waals surface area contributed by atoms with Gasteiger partial charge in [-0.15, -0.1) is 0 Å². The third-order valence-corrected chi connectivity index (χ3v) is 3.77. The molecule has 4 nitrogen and oxygen atoms in total. The van der Waals surface area contributed by atoms with E-state index in [1.165, 1.54) is 18.4 Å². The second-order valence-electron chi connectivity index (χ2n) is 5.95. The van der Waals surface area contributed by atoms with E-state index in [4.69, 9.17) is 4.99 Å². The van der Waals surface area contributed by atoms with Gasteiger partial charge in [0.1, 0.15) is 0 Å². The minimum Gasteiger partial charge on any atom is -0.357 e. The summed E-state index contributed by atoms with van der Waals surface area (Å²) in [5, 5.41) is 6.80. The first-order valence-corrected chi connectivity index (χ1v) is 7.94. The quantitative estimate of drug-likeness (QED) is 0.594. The Morgan fingerprint density at radius 2 is 2.00 bits per heavy atom. The minimum absolute atomic E-state index is 0.419. The van der Waals surface area contributed by atoms with Gasteiger partial charge in [0, 0.05) is 18.6 Å². The van der Waals surface area contributed by atoms with Crippen molar-refractivity contribution in [1.29, 1.82) is 0 Å². The Morgan fingerprint density at radius 1 is 1.29 bits per heavy atom. The van der Waals surface area contributed by atoms with Crippen molar-refractivity contribution < 1.29 is 0 Å². The van der Waals surface area contributed by atoms with Gasteiger partial charge in [-0.3, -0.25) is 4.99 Å². The van der Waals surface area contributed by atoms with Crippen LogP contribution in [0, 0.1) is 0 Å². The van der Waals surface area contributed by atoms with E-state index in [1.807, 2.05) is 0 Å². The second-order valence-corrected chi connectivity index (χ2v) is 5.95. The Kier molecular flexibility index (Phi) is 6.05. The largest absolute Gasteiger partial charge is 0.357 e. The molecule has 116 valence electrons. The van der Waals surface area contributed by atoms with Crippen LogP contribution >= 0.6 is 0 Å². The van der Waals surface area contributed by atoms with Gasteiger partial charge in [0.05, 0.1) is 6.54 Å². The van der Waals surface area contributed by atoms with Crippen LogP contribution in [0.4, 0.5) is 0 Å². The lowest BCUT2D eigenvalue weighted by molar-refractivity contribution is 0.298. The van der Waals surface area contributed by atoms with E-state index in [0.717, 1.165) is 25.5 Å². The van der Waals surface area contributed by atoms with Crippen LogP contribution in [-0.2, 0) is 6.42 Å². The van der Waals surface area contributed by atoms with E-state index in [9.17, 15) is 0 Å². The minimum atomic E-state index is 0.419. The van der Waals surface area contributed by atoms with Crippen LogP contribution in [-0.4, -0.2) is 50.1 Å². The van der Waals surface area contributed by atoms with E-state index in [1.54, 1.807) is 0 Å². The summed E-state index contributed by atoms with van der Waals surface area (Å²) < 4.78 is 0. The Bertz CT molecular complexity index is 437. The molecule has 1 aromatic carbocycles. The van der Waals surface area contributed by atoms with Crippen LogP contribution in [0.5, 0.6) is 0 Å². The molecule has 2 N–H and O–H groups in total. The van der Waals surface area contributed by atoms with Gasteiger partial charge in [-0.1, -0.05) is 30.3 Å². The molecule has 0 bridgehead atoms. The average Bonchev–Trinajstić information content (AvgIpc) is 3.28. The van der Waals surface area contributed by atoms with Crippen LogP contribution in [0.15, 0.2) is 35.3 Å². The van der Waals surface area contributed by atoms with E-state index in [-0.39, 0.29) is 0 Å². The number of hydrogen-bond acceptors (Lipinski definition) is 2. The van der Waals surface area contributed by atoms with Gasteiger partial charge in [0.25, 0.3) is 0 Å². The molecule has 4 heteroatoms. The molecule has 0 saturated heterocycles. The lowest BCUT2D eigenvalue weighted by atomic mass is 10.1. The monoisotopic (exact) mass is 288 g/mol. The van der Waals surface area contributed by atoms with Gasteiger partial charge in [0.15, 0.2) is 5.96 Å². The summed E-state index contributed by atoms with van der Waals surface area (Å²) in [4.78, 5) is 7.03. The van der Waals surface area contributed by atoms with E-state index < -0.39 is 0 Å². The number of nitrogens with one attached hydrogen (secondary N) is 2. The molecule has 1 atom stereocenters. The molecule has 1 unspecified atom stereocenters. The van der Waals surface area contributed by atoms with Crippen molar-refractivity contribution in [1.82, 2.24) is 15.5 Å². The zero-order valence-electron chi connectivity index (χ0n) is 13.5. The topological polar surface area (TPSA) is 39.7 Å². The third kappa shape index (κ3) is 5.76. The number of aliphatic imine (C=N–C) groups is 1. The fraction of sp³-hybridized carbons (Fsp3) is 0.588. The predicted octanol–water partition coefficient (Wildman–Crippen LogP) is 1.88. The first kappa shape index (κ1) is 15.8. The Hall–Kier alpha value is -1.55. The molecule has 2 rings (SSSR count). The van der Waals surface area contributed by atoms with Crippen LogP contribution < -0.4 is 10.6 Å². The Morgan fingerprint density at radius 3 is 2.57 bits per heavy atom. The number of likely N-dealkylation sites (N-methyl/N-ethyl adjacent to an activating group) is 1. The number of rotatable bonds is 7. The van der Waals surface area contributed by atoms with Gasteiger partial charge in [0.2, 0.25) is 0 Å². The maximum absolute atomic E-state index is 4.76. The first-order chi connectivity index (χ1) is 10.2. The number of guanidine groups is 1. The maximum atomic E-state index is 4.76. The maximum Gasteiger partial charge on any atom is 0.191 e. The lowest BCUT2D eigenvalue weighted by Crippen LogP contribution is -2.40. The summed E-state index contributed by atoms with van der Waals surface area (Å²) in [6.45, 7) is 3.82. The zero-order valence-corrected chi connectivity index (χ0v) is 13.5. The van der Waals surface area contributed by atoms with Crippen LogP contribution in [0.25, 0.3) is 0 Å². The fourth-order valence-corrected chi connectivity index (χ4v) is 2.23. The second kappa shape index (κ2) is 8.03. The van der Waals surface area contributed by atoms with Crippen molar-refractivity contribution in [2.45, 2.75) is 38.3 Å². The molecule has 0 aliphatic heterocycles. The zero-order chi connectivity index (χ0) is 15.1. The number of benzene rings is 1. The van der Waals surface area contributed by atoms with Crippen LogP contribution in [0.3, 0.4) is 0 Å². The van der Waals surface area contributed by atoms with Crippen molar-refractivity contribution in [3.8, 4) is 0 Å². The van der Waals surface area contributed by atoms with Gasteiger partial charge in [-0.05, 0) is 45.8 Å². The summed E-state index contributed by atoms with van der Waals surface area (Å²) in [7, 11) is 4.26. The lowest BCUT2D eigenvalue weighted by Gasteiger charge is -2.23. The SMILES string of the molecule is CCNC(=NCC(Cc1ccccc1)N(C)C)NC1CC1. The highest BCUT2D eigenvalue weighted by Gasteiger charge is 2.22. The normalized spacial score (nSPS) is 16.9. The van der Waals surface area contributed by atoms with E-state index in [2.05, 4.69) is 66.9 Å². The summed E-state index contributed by atoms with van der Waals surface area (Å²) in [5.41, 5.74) is 1.37. The fourth-order valence-electron chi connectivity index (χ4n) is 2.23. The molecule has 0 heterocycles. The molecule has 0 spiro atoms. The Balaban J connectivity index is 1.93. The molecule has 0 radical (unpaired) electrons. The highest BCUT2D eigenvalue weighted by Crippen LogP contribution is 2.18. The standard InChI is InChI=1S/C17H28N4/c1-4-18-17(20-15-10-11-15)19-13-16(21(2)3)12-14-8-6-5-7-9-14/h5-9,15-16H,4,10-13H2,1-3H3,(H2,18,19,20). The molecule has 0 amide bonds. The van der Waals surface area contributed by atoms with Crippen LogP contribution in [0.2, 0.25) is 0 Å². The van der Waals surface area contributed by atoms with Crippen molar-refractivity contribution in [3.05, 3.63) is 35.9 Å². The van der Waals surface area contributed by atoms with Gasteiger partial charge < -0.3 is 15.5 Å². The molecule has 0 aromatic heterocycles. The molecule has 21 heavy (non-hydrogen) atoms. The molecule has 1 aliphatic rings. The van der Waals surface area contributed by atoms with Gasteiger partial charge in [-0.25, -0.2) is 0 Å². The third-order valence-electron chi connectivity index (χ3n) is 3.77. The number of nitrogens with zero attached hydrogens (tertiary/aromatic N) is 2.